The second kappa shape index (κ2) is 10.3. The zero-order valence-electron chi connectivity index (χ0n) is 16.3. The van der Waals surface area contributed by atoms with Gasteiger partial charge in [0.2, 0.25) is 0 Å². The van der Waals surface area contributed by atoms with Crippen LogP contribution in [0.4, 0.5) is 0 Å². The smallest absolute Gasteiger partial charge is 0.328 e. The van der Waals surface area contributed by atoms with Gasteiger partial charge in [-0.15, -0.1) is 0 Å². The van der Waals surface area contributed by atoms with Crippen LogP contribution in [0.1, 0.15) is 38.7 Å². The van der Waals surface area contributed by atoms with Gasteiger partial charge in [0.15, 0.2) is 6.54 Å². The normalized spacial score (nSPS) is 22.3. The molecule has 5 heteroatoms. The number of benzene rings is 1. The van der Waals surface area contributed by atoms with Crippen LogP contribution in [0.3, 0.4) is 0 Å². The highest BCUT2D eigenvalue weighted by molar-refractivity contribution is 5.85. The van der Waals surface area contributed by atoms with E-state index in [1.54, 1.807) is 0 Å². The molecule has 2 atom stereocenters. The van der Waals surface area contributed by atoms with Crippen LogP contribution in [0.15, 0.2) is 30.3 Å². The fourth-order valence-electron chi connectivity index (χ4n) is 3.66. The number of ether oxygens (including phenoxy) is 1. The second-order valence-corrected chi connectivity index (χ2v) is 7.51. The summed E-state index contributed by atoms with van der Waals surface area (Å²) in [6.07, 6.45) is 4.23. The molecule has 0 radical (unpaired) electrons. The van der Waals surface area contributed by atoms with E-state index in [0.29, 0.717) is 12.5 Å². The zero-order chi connectivity index (χ0) is 18.9. The average molecular weight is 362 g/mol. The molecule has 0 aliphatic carbocycles. The van der Waals surface area contributed by atoms with Gasteiger partial charge in [-0.3, -0.25) is 4.79 Å². The maximum absolute atomic E-state index is 12.4. The minimum absolute atomic E-state index is 0.0581. The third-order valence-corrected chi connectivity index (χ3v) is 5.57. The number of carbonyl (C=O) groups excluding carboxylic acids is 2. The van der Waals surface area contributed by atoms with Crippen molar-refractivity contribution in [3.05, 3.63) is 35.9 Å². The van der Waals surface area contributed by atoms with E-state index >= 15 is 0 Å². The Morgan fingerprint density at radius 3 is 2.46 bits per heavy atom. The van der Waals surface area contributed by atoms with Crippen LogP contribution < -0.4 is 10.2 Å². The molecule has 144 valence electrons. The Morgan fingerprint density at radius 2 is 1.88 bits per heavy atom. The van der Waals surface area contributed by atoms with Crippen LogP contribution in [0, 0.1) is 11.8 Å². The van der Waals surface area contributed by atoms with Crippen LogP contribution >= 0.6 is 0 Å². The largest absolute Gasteiger partial charge is 0.467 e. The number of piperidine rings is 1. The van der Waals surface area contributed by atoms with Crippen LogP contribution in [0.25, 0.3) is 0 Å². The summed E-state index contributed by atoms with van der Waals surface area (Å²) in [6, 6.07) is 10.1. The lowest BCUT2D eigenvalue weighted by Gasteiger charge is -2.29. The lowest BCUT2D eigenvalue weighted by molar-refractivity contribution is -0.898. The van der Waals surface area contributed by atoms with Gasteiger partial charge >= 0.3 is 5.97 Å². The lowest BCUT2D eigenvalue weighted by Crippen LogP contribution is -3.14. The number of hydrogen-bond donors (Lipinski definition) is 2. The highest BCUT2D eigenvalue weighted by atomic mass is 16.5. The Labute approximate surface area is 157 Å². The van der Waals surface area contributed by atoms with Crippen molar-refractivity contribution in [1.82, 2.24) is 5.32 Å². The summed E-state index contributed by atoms with van der Waals surface area (Å²) in [5, 5.41) is 2.88. The Hall–Kier alpha value is -1.88. The fraction of sp³-hybridized carbons (Fsp3) is 0.619. The maximum atomic E-state index is 12.4. The van der Waals surface area contributed by atoms with Crippen molar-refractivity contribution in [2.24, 2.45) is 11.8 Å². The van der Waals surface area contributed by atoms with Crippen molar-refractivity contribution < 1.29 is 19.2 Å². The molecule has 26 heavy (non-hydrogen) atoms. The molecule has 1 aliphatic heterocycles. The number of nitrogens with one attached hydrogen (secondary N) is 2. The maximum Gasteiger partial charge on any atom is 0.328 e. The SMILES string of the molecule is CC[C@@H](C)[C@H](NC(=O)C[NH+]1CCC(Cc2ccccc2)CC1)C(=O)OC. The Morgan fingerprint density at radius 1 is 1.23 bits per heavy atom. The summed E-state index contributed by atoms with van der Waals surface area (Å²) in [5.74, 6) is 0.353. The van der Waals surface area contributed by atoms with Gasteiger partial charge in [0.25, 0.3) is 5.91 Å². The van der Waals surface area contributed by atoms with Gasteiger partial charge in [-0.1, -0.05) is 50.6 Å². The summed E-state index contributed by atoms with van der Waals surface area (Å²) < 4.78 is 4.84. The highest BCUT2D eigenvalue weighted by Crippen LogP contribution is 2.16. The molecule has 5 nitrogen and oxygen atoms in total. The van der Waals surface area contributed by atoms with Crippen molar-refractivity contribution in [3.8, 4) is 0 Å². The van der Waals surface area contributed by atoms with E-state index in [1.807, 2.05) is 13.8 Å². The predicted octanol–water partition coefficient (Wildman–Crippen LogP) is 1.23. The first-order valence-electron chi connectivity index (χ1n) is 9.78. The molecule has 2 N–H and O–H groups in total. The van der Waals surface area contributed by atoms with Gasteiger partial charge in [-0.05, 0) is 36.7 Å². The number of hydrogen-bond acceptors (Lipinski definition) is 3. The third-order valence-electron chi connectivity index (χ3n) is 5.57. The molecule has 1 aliphatic rings. The Balaban J connectivity index is 1.77. The van der Waals surface area contributed by atoms with E-state index in [9.17, 15) is 9.59 Å². The van der Waals surface area contributed by atoms with Crippen LogP contribution in [-0.2, 0) is 20.7 Å². The minimum atomic E-state index is -0.549. The average Bonchev–Trinajstić information content (AvgIpc) is 2.67. The molecular formula is C21H33N2O3+. The van der Waals surface area contributed by atoms with Gasteiger partial charge in [0.1, 0.15) is 6.04 Å². The van der Waals surface area contributed by atoms with Gasteiger partial charge in [0, 0.05) is 0 Å². The number of methoxy groups -OCH3 is 1. The molecule has 1 saturated heterocycles. The third kappa shape index (κ3) is 6.13. The van der Waals surface area contributed by atoms with Crippen molar-refractivity contribution in [3.63, 3.8) is 0 Å². The van der Waals surface area contributed by atoms with Gasteiger partial charge in [0.05, 0.1) is 20.2 Å². The summed E-state index contributed by atoms with van der Waals surface area (Å²) in [7, 11) is 1.37. The monoisotopic (exact) mass is 361 g/mol. The molecule has 1 aromatic rings. The molecule has 0 aromatic heterocycles. The van der Waals surface area contributed by atoms with Gasteiger partial charge in [-0.25, -0.2) is 4.79 Å². The second-order valence-electron chi connectivity index (χ2n) is 7.51. The Bertz CT molecular complexity index is 568. The number of likely N-dealkylation sites (tertiary alicyclic amines) is 1. The molecule has 1 aromatic carbocycles. The van der Waals surface area contributed by atoms with E-state index in [2.05, 4.69) is 35.6 Å². The molecule has 1 fully saturated rings. The first-order chi connectivity index (χ1) is 12.5. The molecule has 1 amide bonds. The summed E-state index contributed by atoms with van der Waals surface area (Å²) in [4.78, 5) is 25.6. The quantitative estimate of drug-likeness (QED) is 0.685. The summed E-state index contributed by atoms with van der Waals surface area (Å²) in [6.45, 7) is 6.43. The van der Waals surface area contributed by atoms with E-state index in [-0.39, 0.29) is 17.8 Å². The lowest BCUT2D eigenvalue weighted by atomic mass is 9.90. The molecule has 0 spiro atoms. The van der Waals surface area contributed by atoms with Gasteiger partial charge < -0.3 is 15.0 Å². The van der Waals surface area contributed by atoms with Crippen molar-refractivity contribution >= 4 is 11.9 Å². The topological polar surface area (TPSA) is 59.8 Å². The van der Waals surface area contributed by atoms with E-state index in [4.69, 9.17) is 4.74 Å². The van der Waals surface area contributed by atoms with E-state index in [1.165, 1.54) is 17.6 Å². The first-order valence-corrected chi connectivity index (χ1v) is 9.78. The molecular weight excluding hydrogens is 328 g/mol. The molecule has 2 rings (SSSR count). The number of amides is 1. The number of quaternary nitrogens is 1. The molecule has 0 bridgehead atoms. The number of rotatable bonds is 8. The molecule has 0 saturated carbocycles. The van der Waals surface area contributed by atoms with E-state index in [0.717, 1.165) is 38.8 Å². The van der Waals surface area contributed by atoms with Crippen molar-refractivity contribution in [1.29, 1.82) is 0 Å². The molecule has 0 unspecified atom stereocenters. The van der Waals surface area contributed by atoms with Crippen LogP contribution in [0.5, 0.6) is 0 Å². The van der Waals surface area contributed by atoms with Crippen molar-refractivity contribution in [2.45, 2.75) is 45.6 Å². The minimum Gasteiger partial charge on any atom is -0.467 e. The fourth-order valence-corrected chi connectivity index (χ4v) is 3.66. The van der Waals surface area contributed by atoms with Gasteiger partial charge in [-0.2, -0.15) is 0 Å². The Kier molecular flexibility index (Phi) is 8.10. The van der Waals surface area contributed by atoms with E-state index < -0.39 is 6.04 Å². The van der Waals surface area contributed by atoms with Crippen LogP contribution in [-0.4, -0.2) is 44.7 Å². The van der Waals surface area contributed by atoms with Crippen LogP contribution in [0.2, 0.25) is 0 Å². The summed E-state index contributed by atoms with van der Waals surface area (Å²) >= 11 is 0. The predicted molar refractivity (Wildman–Crippen MR) is 102 cm³/mol. The number of esters is 1. The molecule has 1 heterocycles. The highest BCUT2D eigenvalue weighted by Gasteiger charge is 2.29. The number of carbonyl (C=O) groups is 2. The first kappa shape index (κ1) is 20.4. The zero-order valence-corrected chi connectivity index (χ0v) is 16.3. The summed E-state index contributed by atoms with van der Waals surface area (Å²) in [5.41, 5.74) is 1.40. The standard InChI is InChI=1S/C21H32N2O3/c1-4-16(2)20(21(25)26-3)22-19(24)15-23-12-10-18(11-13-23)14-17-8-6-5-7-9-17/h5-9,16,18,20H,4,10-15H2,1-3H3,(H,22,24)/p+1/t16-,20+/m1/s1. The van der Waals surface area contributed by atoms with Crippen molar-refractivity contribution in [2.75, 3.05) is 26.7 Å².